The lowest BCUT2D eigenvalue weighted by atomic mass is 9.51. The van der Waals surface area contributed by atoms with E-state index in [2.05, 4.69) is 36.1 Å². The largest absolute Gasteiger partial charge is 0.372 e. The van der Waals surface area contributed by atoms with Crippen LogP contribution in [0.15, 0.2) is 47.1 Å². The maximum atomic E-state index is 13.1. The van der Waals surface area contributed by atoms with Gasteiger partial charge in [-0.1, -0.05) is 24.6 Å². The fraction of sp³-hybridized carbons (Fsp3) is 0.636. The van der Waals surface area contributed by atoms with Crippen molar-refractivity contribution >= 4 is 17.3 Å². The molecular weight excluding hydrogens is 474 g/mol. The molecule has 0 amide bonds. The van der Waals surface area contributed by atoms with E-state index in [-0.39, 0.29) is 23.0 Å². The van der Waals surface area contributed by atoms with Crippen molar-refractivity contribution < 1.29 is 19.1 Å². The van der Waals surface area contributed by atoms with Crippen LogP contribution in [0.1, 0.15) is 83.1 Å². The summed E-state index contributed by atoms with van der Waals surface area (Å²) in [6, 6.07) is 9.30. The molecule has 1 aliphatic heterocycles. The molecule has 38 heavy (non-hydrogen) atoms. The maximum absolute atomic E-state index is 13.1. The second kappa shape index (κ2) is 9.75. The number of methoxy groups -OCH3 is 2. The van der Waals surface area contributed by atoms with Gasteiger partial charge in [0.05, 0.1) is 0 Å². The van der Waals surface area contributed by atoms with Gasteiger partial charge in [0.25, 0.3) is 0 Å². The molecule has 0 aromatic heterocycles. The molecular formula is C33H43NO4. The van der Waals surface area contributed by atoms with Gasteiger partial charge in [-0.15, -0.1) is 0 Å². The van der Waals surface area contributed by atoms with Crippen LogP contribution in [0.5, 0.6) is 0 Å². The molecule has 6 rings (SSSR count). The molecule has 0 unspecified atom stereocenters. The highest BCUT2D eigenvalue weighted by molar-refractivity contribution is 5.99. The first kappa shape index (κ1) is 26.0. The minimum atomic E-state index is -1.24. The lowest BCUT2D eigenvalue weighted by Gasteiger charge is -2.53. The Morgan fingerprint density at radius 3 is 2.37 bits per heavy atom. The van der Waals surface area contributed by atoms with E-state index < -0.39 is 5.79 Å². The molecule has 5 heteroatoms. The second-order valence-corrected chi connectivity index (χ2v) is 12.7. The highest BCUT2D eigenvalue weighted by atomic mass is 16.7. The smallest absolute Gasteiger partial charge is 0.236 e. The number of benzene rings is 1. The van der Waals surface area contributed by atoms with Crippen LogP contribution < -0.4 is 4.90 Å². The van der Waals surface area contributed by atoms with Crippen molar-refractivity contribution in [3.05, 3.63) is 52.6 Å². The van der Waals surface area contributed by atoms with Crippen molar-refractivity contribution in [3.8, 4) is 0 Å². The third-order valence-electron chi connectivity index (χ3n) is 11.0. The van der Waals surface area contributed by atoms with Crippen LogP contribution in [0.4, 0.5) is 5.69 Å². The van der Waals surface area contributed by atoms with Gasteiger partial charge in [-0.2, -0.15) is 0 Å². The Hall–Kier alpha value is -2.24. The predicted octanol–water partition coefficient (Wildman–Crippen LogP) is 6.38. The number of nitrogens with zero attached hydrogens (tertiary/aromatic N) is 1. The Morgan fingerprint density at radius 1 is 1.00 bits per heavy atom. The molecule has 0 radical (unpaired) electrons. The van der Waals surface area contributed by atoms with Gasteiger partial charge in [0.15, 0.2) is 0 Å². The number of fused-ring (bicyclic) bond motifs is 4. The summed E-state index contributed by atoms with van der Waals surface area (Å²) in [6.07, 6.45) is 11.2. The SMILES string of the molecule is COC1(OC)CC2=C3[C@@H](CCC2=CC1=O)[C@@H]1CC[C@H](C(C)=O)[C@@]1(C)C[C@@H]3c1ccc(N2CCCCC2)cc1. The molecule has 5 aliphatic rings. The normalized spacial score (nSPS) is 34.4. The van der Waals surface area contributed by atoms with E-state index in [1.54, 1.807) is 27.2 Å². The summed E-state index contributed by atoms with van der Waals surface area (Å²) >= 11 is 0. The van der Waals surface area contributed by atoms with E-state index in [0.29, 0.717) is 24.0 Å². The summed E-state index contributed by atoms with van der Waals surface area (Å²) < 4.78 is 11.5. The topological polar surface area (TPSA) is 55.8 Å². The zero-order valence-corrected chi connectivity index (χ0v) is 23.6. The number of piperidine rings is 1. The van der Waals surface area contributed by atoms with Gasteiger partial charge in [0, 0.05) is 51.3 Å². The molecule has 1 saturated heterocycles. The lowest BCUT2D eigenvalue weighted by Crippen LogP contribution is -2.48. The fourth-order valence-electron chi connectivity index (χ4n) is 9.11. The van der Waals surface area contributed by atoms with E-state index >= 15 is 0 Å². The number of carbonyl (C=O) groups excluding carboxylic acids is 2. The zero-order valence-electron chi connectivity index (χ0n) is 23.6. The number of anilines is 1. The number of hydrogen-bond acceptors (Lipinski definition) is 5. The molecule has 5 nitrogen and oxygen atoms in total. The van der Waals surface area contributed by atoms with Crippen LogP contribution in [0.3, 0.4) is 0 Å². The number of hydrogen-bond donors (Lipinski definition) is 0. The van der Waals surface area contributed by atoms with Crippen LogP contribution in [-0.4, -0.2) is 44.7 Å². The number of ketones is 2. The molecule has 5 atom stereocenters. The van der Waals surface area contributed by atoms with Gasteiger partial charge in [-0.3, -0.25) is 9.59 Å². The third kappa shape index (κ3) is 3.95. The Kier molecular flexibility index (Phi) is 6.67. The van der Waals surface area contributed by atoms with Crippen LogP contribution in [0.25, 0.3) is 0 Å². The molecule has 1 aromatic carbocycles. The monoisotopic (exact) mass is 517 g/mol. The van der Waals surface area contributed by atoms with E-state index in [0.717, 1.165) is 45.2 Å². The van der Waals surface area contributed by atoms with Crippen LogP contribution in [-0.2, 0) is 19.1 Å². The van der Waals surface area contributed by atoms with Gasteiger partial charge >= 0.3 is 0 Å². The second-order valence-electron chi connectivity index (χ2n) is 12.7. The third-order valence-corrected chi connectivity index (χ3v) is 11.0. The summed E-state index contributed by atoms with van der Waals surface area (Å²) in [5.74, 6) is 0.321. The van der Waals surface area contributed by atoms with E-state index in [1.165, 1.54) is 47.2 Å². The zero-order chi connectivity index (χ0) is 26.7. The Morgan fingerprint density at radius 2 is 1.71 bits per heavy atom. The Balaban J connectivity index is 1.46. The number of Topliss-reactive ketones (excluding diaryl/α,β-unsaturated/α-hetero) is 1. The molecule has 0 spiro atoms. The predicted molar refractivity (Wildman–Crippen MR) is 149 cm³/mol. The number of ether oxygens (including phenoxy) is 2. The summed E-state index contributed by atoms with van der Waals surface area (Å²) in [4.78, 5) is 28.5. The van der Waals surface area contributed by atoms with Gasteiger partial charge in [-0.25, -0.2) is 0 Å². The quantitative estimate of drug-likeness (QED) is 0.424. The molecule has 2 saturated carbocycles. The molecule has 204 valence electrons. The summed E-state index contributed by atoms with van der Waals surface area (Å²) in [5.41, 5.74) is 6.60. The first-order chi connectivity index (χ1) is 18.3. The van der Waals surface area contributed by atoms with Crippen LogP contribution >= 0.6 is 0 Å². The van der Waals surface area contributed by atoms with Crippen molar-refractivity contribution in [2.45, 2.75) is 83.3 Å². The van der Waals surface area contributed by atoms with Crippen LogP contribution in [0, 0.1) is 23.2 Å². The average Bonchev–Trinajstić information content (AvgIpc) is 3.30. The minimum Gasteiger partial charge on any atom is -0.372 e. The summed E-state index contributed by atoms with van der Waals surface area (Å²) in [5, 5.41) is 0. The van der Waals surface area contributed by atoms with Gasteiger partial charge in [0.1, 0.15) is 5.78 Å². The molecule has 1 heterocycles. The Labute approximate surface area is 227 Å². The first-order valence-corrected chi connectivity index (χ1v) is 14.8. The van der Waals surface area contributed by atoms with Crippen molar-refractivity contribution in [3.63, 3.8) is 0 Å². The highest BCUT2D eigenvalue weighted by Crippen LogP contribution is 2.66. The van der Waals surface area contributed by atoms with Crippen molar-refractivity contribution in [1.29, 1.82) is 0 Å². The summed E-state index contributed by atoms with van der Waals surface area (Å²) in [7, 11) is 3.16. The molecule has 0 bridgehead atoms. The highest BCUT2D eigenvalue weighted by Gasteiger charge is 2.58. The van der Waals surface area contributed by atoms with E-state index in [1.807, 2.05) is 0 Å². The minimum absolute atomic E-state index is 0.00206. The van der Waals surface area contributed by atoms with Gasteiger partial charge in [-0.05, 0) is 110 Å². The lowest BCUT2D eigenvalue weighted by molar-refractivity contribution is -0.203. The number of allylic oxidation sites excluding steroid dienone is 2. The van der Waals surface area contributed by atoms with Gasteiger partial charge < -0.3 is 14.4 Å². The molecule has 0 N–H and O–H groups in total. The summed E-state index contributed by atoms with van der Waals surface area (Å²) in [6.45, 7) is 6.48. The number of rotatable bonds is 5. The molecule has 4 aliphatic carbocycles. The number of carbonyl (C=O) groups is 2. The van der Waals surface area contributed by atoms with E-state index in [9.17, 15) is 9.59 Å². The Bertz CT molecular complexity index is 1170. The van der Waals surface area contributed by atoms with Crippen molar-refractivity contribution in [2.75, 3.05) is 32.2 Å². The van der Waals surface area contributed by atoms with Crippen molar-refractivity contribution in [2.24, 2.45) is 23.2 Å². The fourth-order valence-corrected chi connectivity index (χ4v) is 9.11. The molecule has 1 aromatic rings. The van der Waals surface area contributed by atoms with Gasteiger partial charge in [0.2, 0.25) is 11.6 Å². The average molecular weight is 518 g/mol. The van der Waals surface area contributed by atoms with Crippen LogP contribution in [0.2, 0.25) is 0 Å². The van der Waals surface area contributed by atoms with Crippen molar-refractivity contribution in [1.82, 2.24) is 0 Å². The van der Waals surface area contributed by atoms with E-state index in [4.69, 9.17) is 9.47 Å². The molecule has 3 fully saturated rings. The first-order valence-electron chi connectivity index (χ1n) is 14.8. The standard InChI is InChI=1S/C33H43NO4/c1-21(35)28-14-15-29-25-13-10-23-18-30(36)33(37-3,38-4)20-27(23)31(25)26(19-32(28,29)2)22-8-11-24(12-9-22)34-16-6-5-7-17-34/h8-9,11-12,18,25-26,28-29H,5-7,10,13-17,19-20H2,1-4H3/t25-,26+,28+,29-,32+/m0/s1. The maximum Gasteiger partial charge on any atom is 0.236 e.